The number of amides is 1. The van der Waals surface area contributed by atoms with E-state index < -0.39 is 5.54 Å². The molecule has 0 aromatic heterocycles. The summed E-state index contributed by atoms with van der Waals surface area (Å²) in [6.07, 6.45) is 3.05. The predicted octanol–water partition coefficient (Wildman–Crippen LogP) is 0.182. The van der Waals surface area contributed by atoms with Crippen LogP contribution in [0.4, 0.5) is 0 Å². The first kappa shape index (κ1) is 12.5. The second kappa shape index (κ2) is 4.94. The molecule has 0 bridgehead atoms. The highest BCUT2D eigenvalue weighted by molar-refractivity contribution is 5.85. The van der Waals surface area contributed by atoms with Gasteiger partial charge in [-0.2, -0.15) is 0 Å². The molecule has 0 saturated heterocycles. The van der Waals surface area contributed by atoms with E-state index in [2.05, 4.69) is 10.2 Å². The van der Waals surface area contributed by atoms with Crippen LogP contribution in [0.25, 0.3) is 0 Å². The van der Waals surface area contributed by atoms with E-state index in [1.54, 1.807) is 0 Å². The number of primary amides is 1. The molecule has 1 amide bonds. The van der Waals surface area contributed by atoms with Crippen LogP contribution in [-0.2, 0) is 4.79 Å². The topological polar surface area (TPSA) is 58.4 Å². The lowest BCUT2D eigenvalue weighted by Gasteiger charge is -2.31. The number of hydrogen-bond acceptors (Lipinski definition) is 3. The van der Waals surface area contributed by atoms with E-state index in [-0.39, 0.29) is 5.91 Å². The Labute approximate surface area is 92.2 Å². The highest BCUT2D eigenvalue weighted by Gasteiger charge is 2.47. The molecule has 4 nitrogen and oxygen atoms in total. The monoisotopic (exact) mass is 213 g/mol. The van der Waals surface area contributed by atoms with Gasteiger partial charge in [-0.05, 0) is 39.3 Å². The van der Waals surface area contributed by atoms with Gasteiger partial charge in [0.15, 0.2) is 0 Å². The minimum absolute atomic E-state index is 0.189. The average molecular weight is 213 g/mol. The van der Waals surface area contributed by atoms with Gasteiger partial charge >= 0.3 is 0 Å². The molecular formula is C11H23N3O. The zero-order chi connectivity index (χ0) is 11.5. The van der Waals surface area contributed by atoms with Gasteiger partial charge in [-0.15, -0.1) is 0 Å². The van der Waals surface area contributed by atoms with E-state index in [4.69, 9.17) is 5.73 Å². The molecule has 1 aliphatic carbocycles. The molecule has 1 aliphatic rings. The fourth-order valence-corrected chi connectivity index (χ4v) is 2.10. The number of hydrogen-bond donors (Lipinski definition) is 2. The van der Waals surface area contributed by atoms with Crippen molar-refractivity contribution in [2.45, 2.75) is 31.7 Å². The van der Waals surface area contributed by atoms with Gasteiger partial charge < -0.3 is 16.0 Å². The quantitative estimate of drug-likeness (QED) is 0.634. The normalized spacial score (nSPS) is 20.3. The summed E-state index contributed by atoms with van der Waals surface area (Å²) in [6, 6.07) is 0. The van der Waals surface area contributed by atoms with Gasteiger partial charge in [-0.25, -0.2) is 0 Å². The highest BCUT2D eigenvalue weighted by atomic mass is 16.1. The molecule has 88 valence electrons. The molecule has 0 heterocycles. The van der Waals surface area contributed by atoms with Gasteiger partial charge in [-0.1, -0.05) is 6.92 Å². The van der Waals surface area contributed by atoms with E-state index >= 15 is 0 Å². The van der Waals surface area contributed by atoms with Crippen molar-refractivity contribution in [3.05, 3.63) is 0 Å². The van der Waals surface area contributed by atoms with Gasteiger partial charge in [0.2, 0.25) is 5.91 Å². The minimum atomic E-state index is -0.448. The fourth-order valence-electron chi connectivity index (χ4n) is 2.10. The highest BCUT2D eigenvalue weighted by Crippen LogP contribution is 2.41. The van der Waals surface area contributed by atoms with Gasteiger partial charge in [0.1, 0.15) is 5.54 Å². The van der Waals surface area contributed by atoms with Gasteiger partial charge in [0.25, 0.3) is 0 Å². The van der Waals surface area contributed by atoms with Crippen LogP contribution in [0.2, 0.25) is 0 Å². The Balaban J connectivity index is 2.52. The Kier molecular flexibility index (Phi) is 4.11. The van der Waals surface area contributed by atoms with Gasteiger partial charge in [0.05, 0.1) is 0 Å². The molecular weight excluding hydrogens is 190 g/mol. The standard InChI is InChI=1S/C11H23N3O/c1-4-11(10(12)15,9-5-6-9)13-7-8-14(2)3/h9,13H,4-8H2,1-3H3,(H2,12,15). The number of carbonyl (C=O) groups excluding carboxylic acids is 1. The predicted molar refractivity (Wildman–Crippen MR) is 61.5 cm³/mol. The third kappa shape index (κ3) is 2.92. The molecule has 0 spiro atoms. The summed E-state index contributed by atoms with van der Waals surface area (Å²) >= 11 is 0. The summed E-state index contributed by atoms with van der Waals surface area (Å²) in [7, 11) is 4.05. The second-order valence-electron chi connectivity index (χ2n) is 4.69. The summed E-state index contributed by atoms with van der Waals surface area (Å²) in [5, 5.41) is 3.36. The first-order valence-corrected chi connectivity index (χ1v) is 5.72. The summed E-state index contributed by atoms with van der Waals surface area (Å²) in [5.74, 6) is 0.272. The Morgan fingerprint density at radius 3 is 2.47 bits per heavy atom. The molecule has 1 rings (SSSR count). The SMILES string of the molecule is CCC(NCCN(C)C)(C(N)=O)C1CC1. The van der Waals surface area contributed by atoms with Crippen molar-refractivity contribution in [2.75, 3.05) is 27.2 Å². The van der Waals surface area contributed by atoms with Crippen molar-refractivity contribution in [3.8, 4) is 0 Å². The third-order valence-electron chi connectivity index (χ3n) is 3.27. The summed E-state index contributed by atoms with van der Waals surface area (Å²) in [6.45, 7) is 3.79. The minimum Gasteiger partial charge on any atom is -0.368 e. The van der Waals surface area contributed by atoms with Crippen LogP contribution in [0.1, 0.15) is 26.2 Å². The van der Waals surface area contributed by atoms with Crippen LogP contribution >= 0.6 is 0 Å². The third-order valence-corrected chi connectivity index (χ3v) is 3.27. The lowest BCUT2D eigenvalue weighted by molar-refractivity contribution is -0.125. The maximum atomic E-state index is 11.6. The van der Waals surface area contributed by atoms with Crippen molar-refractivity contribution in [1.29, 1.82) is 0 Å². The van der Waals surface area contributed by atoms with E-state index in [1.807, 2.05) is 21.0 Å². The molecule has 3 N–H and O–H groups in total. The lowest BCUT2D eigenvalue weighted by Crippen LogP contribution is -2.58. The summed E-state index contributed by atoms with van der Waals surface area (Å²) in [4.78, 5) is 13.7. The van der Waals surface area contributed by atoms with Crippen molar-refractivity contribution in [1.82, 2.24) is 10.2 Å². The van der Waals surface area contributed by atoms with E-state index in [1.165, 1.54) is 0 Å². The fraction of sp³-hybridized carbons (Fsp3) is 0.909. The van der Waals surface area contributed by atoms with Crippen LogP contribution in [-0.4, -0.2) is 43.5 Å². The van der Waals surface area contributed by atoms with Crippen LogP contribution in [0.5, 0.6) is 0 Å². The molecule has 0 aromatic rings. The zero-order valence-corrected chi connectivity index (χ0v) is 10.0. The van der Waals surface area contributed by atoms with Crippen molar-refractivity contribution >= 4 is 5.91 Å². The Bertz CT molecular complexity index is 226. The Hall–Kier alpha value is -0.610. The van der Waals surface area contributed by atoms with Gasteiger partial charge in [-0.3, -0.25) is 4.79 Å². The smallest absolute Gasteiger partial charge is 0.238 e. The number of nitrogens with zero attached hydrogens (tertiary/aromatic N) is 1. The molecule has 4 heteroatoms. The molecule has 0 aromatic carbocycles. The summed E-state index contributed by atoms with van der Waals surface area (Å²) < 4.78 is 0. The van der Waals surface area contributed by atoms with Crippen molar-refractivity contribution < 1.29 is 4.79 Å². The zero-order valence-electron chi connectivity index (χ0n) is 10.0. The van der Waals surface area contributed by atoms with Gasteiger partial charge in [0, 0.05) is 13.1 Å². The van der Waals surface area contributed by atoms with Crippen molar-refractivity contribution in [3.63, 3.8) is 0 Å². The first-order valence-electron chi connectivity index (χ1n) is 5.72. The Morgan fingerprint density at radius 2 is 2.13 bits per heavy atom. The molecule has 1 unspecified atom stereocenters. The first-order chi connectivity index (χ1) is 7.03. The van der Waals surface area contributed by atoms with Crippen molar-refractivity contribution in [2.24, 2.45) is 11.7 Å². The maximum Gasteiger partial charge on any atom is 0.238 e. The van der Waals surface area contributed by atoms with E-state index in [0.29, 0.717) is 5.92 Å². The summed E-state index contributed by atoms with van der Waals surface area (Å²) in [5.41, 5.74) is 5.08. The second-order valence-corrected chi connectivity index (χ2v) is 4.69. The number of nitrogens with two attached hydrogens (primary N) is 1. The molecule has 1 saturated carbocycles. The van der Waals surface area contributed by atoms with E-state index in [0.717, 1.165) is 32.4 Å². The molecule has 1 fully saturated rings. The Morgan fingerprint density at radius 1 is 1.53 bits per heavy atom. The number of rotatable bonds is 7. The number of likely N-dealkylation sites (N-methyl/N-ethyl adjacent to an activating group) is 1. The molecule has 15 heavy (non-hydrogen) atoms. The van der Waals surface area contributed by atoms with Crippen LogP contribution in [0.15, 0.2) is 0 Å². The van der Waals surface area contributed by atoms with Crippen LogP contribution in [0.3, 0.4) is 0 Å². The average Bonchev–Trinajstić information content (AvgIpc) is 2.95. The lowest BCUT2D eigenvalue weighted by atomic mass is 9.89. The number of nitrogens with one attached hydrogen (secondary N) is 1. The largest absolute Gasteiger partial charge is 0.368 e. The number of carbonyl (C=O) groups is 1. The molecule has 0 aliphatic heterocycles. The maximum absolute atomic E-state index is 11.6. The van der Waals surface area contributed by atoms with Crippen LogP contribution < -0.4 is 11.1 Å². The molecule has 1 atom stereocenters. The molecule has 0 radical (unpaired) electrons. The van der Waals surface area contributed by atoms with E-state index in [9.17, 15) is 4.79 Å². The van der Waals surface area contributed by atoms with Crippen LogP contribution in [0, 0.1) is 5.92 Å².